The zero-order valence-corrected chi connectivity index (χ0v) is 16.9. The number of carbonyl (C=O) groups is 1. The second kappa shape index (κ2) is 7.73. The van der Waals surface area contributed by atoms with Crippen molar-refractivity contribution in [3.8, 4) is 11.5 Å². The Bertz CT molecular complexity index is 1470. The summed E-state index contributed by atoms with van der Waals surface area (Å²) in [6.07, 6.45) is 3.16. The number of amides is 1. The minimum atomic E-state index is -0.344. The lowest BCUT2D eigenvalue weighted by Gasteiger charge is -2.11. The van der Waals surface area contributed by atoms with Gasteiger partial charge in [0.2, 0.25) is 5.91 Å². The van der Waals surface area contributed by atoms with Crippen LogP contribution in [0, 0.1) is 0 Å². The number of nitrogens with zero attached hydrogens (tertiary/aromatic N) is 4. The van der Waals surface area contributed by atoms with Gasteiger partial charge in [-0.15, -0.1) is 0 Å². The number of furan rings is 1. The SMILES string of the molecule is O=C(Cn1c(=O)c2cc(-c3ccco3)nn2c2ncccc21)NCc1cccc(Cl)c1. The third kappa shape index (κ3) is 3.57. The number of nitrogens with one attached hydrogen (secondary N) is 1. The van der Waals surface area contributed by atoms with E-state index in [4.69, 9.17) is 16.0 Å². The maximum Gasteiger partial charge on any atom is 0.277 e. The molecule has 4 heterocycles. The van der Waals surface area contributed by atoms with Crippen LogP contribution in [0.1, 0.15) is 5.56 Å². The smallest absolute Gasteiger partial charge is 0.277 e. The molecule has 8 nitrogen and oxygen atoms in total. The average Bonchev–Trinajstić information content (AvgIpc) is 3.45. The molecule has 0 spiro atoms. The van der Waals surface area contributed by atoms with Crippen molar-refractivity contribution in [2.24, 2.45) is 0 Å². The van der Waals surface area contributed by atoms with Gasteiger partial charge in [-0.2, -0.15) is 5.10 Å². The highest BCUT2D eigenvalue weighted by molar-refractivity contribution is 6.30. The molecule has 1 amide bonds. The number of aromatic nitrogens is 4. The van der Waals surface area contributed by atoms with Crippen molar-refractivity contribution in [2.45, 2.75) is 13.1 Å². The van der Waals surface area contributed by atoms with Gasteiger partial charge in [-0.05, 0) is 42.0 Å². The molecule has 9 heteroatoms. The lowest BCUT2D eigenvalue weighted by molar-refractivity contribution is -0.121. The van der Waals surface area contributed by atoms with Gasteiger partial charge >= 0.3 is 0 Å². The molecule has 0 aliphatic carbocycles. The summed E-state index contributed by atoms with van der Waals surface area (Å²) < 4.78 is 8.28. The van der Waals surface area contributed by atoms with Crippen LogP contribution in [0.15, 0.2) is 76.3 Å². The van der Waals surface area contributed by atoms with Gasteiger partial charge in [0.15, 0.2) is 11.4 Å². The van der Waals surface area contributed by atoms with Crippen LogP contribution in [0.2, 0.25) is 5.02 Å². The molecule has 0 aliphatic heterocycles. The Kier molecular flexibility index (Phi) is 4.76. The minimum absolute atomic E-state index is 0.153. The van der Waals surface area contributed by atoms with E-state index < -0.39 is 0 Å². The monoisotopic (exact) mass is 433 g/mol. The Morgan fingerprint density at radius 1 is 1.10 bits per heavy atom. The quantitative estimate of drug-likeness (QED) is 0.459. The molecule has 1 aromatic carbocycles. The van der Waals surface area contributed by atoms with Crippen molar-refractivity contribution < 1.29 is 9.21 Å². The summed E-state index contributed by atoms with van der Waals surface area (Å²) in [5.41, 5.74) is 2.32. The average molecular weight is 434 g/mol. The van der Waals surface area contributed by atoms with Gasteiger partial charge in [0.25, 0.3) is 5.56 Å². The first-order valence-electron chi connectivity index (χ1n) is 9.52. The fraction of sp³-hybridized carbons (Fsp3) is 0.0909. The molecule has 0 aliphatic rings. The zero-order chi connectivity index (χ0) is 21.4. The van der Waals surface area contributed by atoms with E-state index in [0.717, 1.165) is 5.56 Å². The molecule has 5 rings (SSSR count). The van der Waals surface area contributed by atoms with E-state index in [2.05, 4.69) is 15.4 Å². The van der Waals surface area contributed by atoms with Gasteiger partial charge in [-0.25, -0.2) is 9.50 Å². The summed E-state index contributed by atoms with van der Waals surface area (Å²) in [6.45, 7) is 0.154. The number of halogens is 1. The van der Waals surface area contributed by atoms with Crippen LogP contribution >= 0.6 is 11.6 Å². The Balaban J connectivity index is 1.52. The standard InChI is InChI=1S/C22H16ClN5O3/c23-15-5-1-4-14(10-15)12-25-20(29)13-27-17-6-2-8-24-21(17)28-18(22(27)30)11-16(26-28)19-7-3-9-31-19/h1-11H,12-13H2,(H,25,29). The summed E-state index contributed by atoms with van der Waals surface area (Å²) >= 11 is 5.99. The molecule has 1 N–H and O–H groups in total. The second-order valence-electron chi connectivity index (χ2n) is 6.95. The van der Waals surface area contributed by atoms with E-state index in [1.165, 1.54) is 15.3 Å². The van der Waals surface area contributed by atoms with E-state index in [-0.39, 0.29) is 18.0 Å². The van der Waals surface area contributed by atoms with E-state index in [1.54, 1.807) is 48.7 Å². The molecule has 0 saturated carbocycles. The fourth-order valence-electron chi connectivity index (χ4n) is 3.45. The molecule has 154 valence electrons. The Hall–Kier alpha value is -3.91. The third-order valence-corrected chi connectivity index (χ3v) is 5.12. The number of fused-ring (bicyclic) bond motifs is 3. The highest BCUT2D eigenvalue weighted by atomic mass is 35.5. The van der Waals surface area contributed by atoms with Crippen molar-refractivity contribution >= 4 is 34.2 Å². The summed E-state index contributed by atoms with van der Waals surface area (Å²) in [6, 6.07) is 15.8. The number of rotatable bonds is 5. The van der Waals surface area contributed by atoms with Gasteiger partial charge in [0.1, 0.15) is 17.8 Å². The van der Waals surface area contributed by atoms with Crippen LogP contribution < -0.4 is 10.9 Å². The molecule has 0 unspecified atom stereocenters. The number of hydrogen-bond donors (Lipinski definition) is 1. The highest BCUT2D eigenvalue weighted by Gasteiger charge is 2.17. The van der Waals surface area contributed by atoms with E-state index in [0.29, 0.717) is 39.7 Å². The largest absolute Gasteiger partial charge is 0.463 e. The summed E-state index contributed by atoms with van der Waals surface area (Å²) in [7, 11) is 0. The molecule has 0 atom stereocenters. The van der Waals surface area contributed by atoms with Crippen LogP contribution in [-0.4, -0.2) is 25.1 Å². The lowest BCUT2D eigenvalue weighted by atomic mass is 10.2. The summed E-state index contributed by atoms with van der Waals surface area (Å²) in [5, 5.41) is 7.91. The molecule has 0 radical (unpaired) electrons. The van der Waals surface area contributed by atoms with E-state index >= 15 is 0 Å². The first-order valence-corrected chi connectivity index (χ1v) is 9.90. The number of carbonyl (C=O) groups excluding carboxylic acids is 1. The molecule has 0 saturated heterocycles. The van der Waals surface area contributed by atoms with Gasteiger partial charge in [-0.3, -0.25) is 14.2 Å². The van der Waals surface area contributed by atoms with Crippen LogP contribution in [0.4, 0.5) is 0 Å². The Morgan fingerprint density at radius 3 is 2.81 bits per heavy atom. The molecule has 0 bridgehead atoms. The fourth-order valence-corrected chi connectivity index (χ4v) is 3.67. The number of benzene rings is 1. The summed E-state index contributed by atoms with van der Waals surface area (Å²) in [4.78, 5) is 30.2. The second-order valence-corrected chi connectivity index (χ2v) is 7.38. The Labute approximate surface area is 180 Å². The van der Waals surface area contributed by atoms with Gasteiger partial charge in [-0.1, -0.05) is 23.7 Å². The molecular formula is C22H16ClN5O3. The van der Waals surface area contributed by atoms with Crippen molar-refractivity contribution in [1.82, 2.24) is 24.5 Å². The van der Waals surface area contributed by atoms with Crippen LogP contribution in [0.3, 0.4) is 0 Å². The number of pyridine rings is 1. The topological polar surface area (TPSA) is 94.4 Å². The van der Waals surface area contributed by atoms with Crippen molar-refractivity contribution in [2.75, 3.05) is 0 Å². The van der Waals surface area contributed by atoms with Crippen LogP contribution in [0.25, 0.3) is 28.1 Å². The van der Waals surface area contributed by atoms with Gasteiger partial charge < -0.3 is 9.73 Å². The van der Waals surface area contributed by atoms with Gasteiger partial charge in [0.05, 0.1) is 11.8 Å². The van der Waals surface area contributed by atoms with Crippen molar-refractivity contribution in [3.63, 3.8) is 0 Å². The number of hydrogen-bond acceptors (Lipinski definition) is 5. The minimum Gasteiger partial charge on any atom is -0.463 e. The molecule has 4 aromatic heterocycles. The first-order chi connectivity index (χ1) is 15.1. The summed E-state index contributed by atoms with van der Waals surface area (Å²) in [5.74, 6) is 0.236. The molecular weight excluding hydrogens is 418 g/mol. The first kappa shape index (κ1) is 19.1. The van der Waals surface area contributed by atoms with Crippen LogP contribution in [0.5, 0.6) is 0 Å². The predicted octanol–water partition coefficient (Wildman–Crippen LogP) is 3.27. The third-order valence-electron chi connectivity index (χ3n) is 4.89. The maximum atomic E-state index is 13.2. The van der Waals surface area contributed by atoms with E-state index in [9.17, 15) is 9.59 Å². The van der Waals surface area contributed by atoms with E-state index in [1.807, 2.05) is 12.1 Å². The Morgan fingerprint density at radius 2 is 2.00 bits per heavy atom. The predicted molar refractivity (Wildman–Crippen MR) is 116 cm³/mol. The zero-order valence-electron chi connectivity index (χ0n) is 16.2. The van der Waals surface area contributed by atoms with Crippen molar-refractivity contribution in [1.29, 1.82) is 0 Å². The molecule has 0 fully saturated rings. The van der Waals surface area contributed by atoms with Crippen LogP contribution in [-0.2, 0) is 17.9 Å². The molecule has 5 aromatic rings. The lowest BCUT2D eigenvalue weighted by Crippen LogP contribution is -2.33. The van der Waals surface area contributed by atoms with Crippen molar-refractivity contribution in [3.05, 3.63) is 88.0 Å². The normalized spacial score (nSPS) is 11.3. The maximum absolute atomic E-state index is 13.2. The molecule has 31 heavy (non-hydrogen) atoms. The van der Waals surface area contributed by atoms with Gasteiger partial charge in [0, 0.05) is 23.8 Å². The highest BCUT2D eigenvalue weighted by Crippen LogP contribution is 2.21.